The van der Waals surface area contributed by atoms with Crippen molar-refractivity contribution >= 4 is 0 Å². The van der Waals surface area contributed by atoms with E-state index in [0.29, 0.717) is 11.3 Å². The summed E-state index contributed by atoms with van der Waals surface area (Å²) in [5.41, 5.74) is 1.85. The lowest BCUT2D eigenvalue weighted by molar-refractivity contribution is 0.0978. The molecule has 1 atom stereocenters. The predicted molar refractivity (Wildman–Crippen MR) is 77.5 cm³/mol. The molecule has 0 heterocycles. The Kier molecular flexibility index (Phi) is 3.82. The van der Waals surface area contributed by atoms with Gasteiger partial charge in [0.2, 0.25) is 0 Å². The van der Waals surface area contributed by atoms with E-state index in [1.807, 2.05) is 32.0 Å². The van der Waals surface area contributed by atoms with Gasteiger partial charge in [0, 0.05) is 5.56 Å². The molecule has 0 radical (unpaired) electrons. The van der Waals surface area contributed by atoms with E-state index in [0.717, 1.165) is 16.7 Å². The molecule has 2 nitrogen and oxygen atoms in total. The zero-order chi connectivity index (χ0) is 14.9. The predicted octanol–water partition coefficient (Wildman–Crippen LogP) is 3.71. The Morgan fingerprint density at radius 3 is 2.40 bits per heavy atom. The minimum Gasteiger partial charge on any atom is -0.496 e. The third-order valence-corrected chi connectivity index (χ3v) is 3.60. The van der Waals surface area contributed by atoms with Gasteiger partial charge >= 0.3 is 0 Å². The summed E-state index contributed by atoms with van der Waals surface area (Å²) in [6, 6.07) is 10.0. The van der Waals surface area contributed by atoms with Crippen LogP contribution < -0.4 is 4.74 Å². The molecule has 0 bridgehead atoms. The van der Waals surface area contributed by atoms with Crippen molar-refractivity contribution in [1.29, 1.82) is 0 Å². The topological polar surface area (TPSA) is 29.5 Å². The molecule has 0 saturated heterocycles. The monoisotopic (exact) mass is 274 g/mol. The molecule has 3 heteroatoms. The number of aliphatic hydroxyl groups is 1. The van der Waals surface area contributed by atoms with Crippen molar-refractivity contribution in [3.8, 4) is 5.75 Å². The molecule has 0 spiro atoms. The van der Waals surface area contributed by atoms with Crippen molar-refractivity contribution in [1.82, 2.24) is 0 Å². The number of aryl methyl sites for hydroxylation is 2. The van der Waals surface area contributed by atoms with E-state index >= 15 is 0 Å². The van der Waals surface area contributed by atoms with E-state index in [4.69, 9.17) is 4.74 Å². The second-order valence-electron chi connectivity index (χ2n) is 5.24. The van der Waals surface area contributed by atoms with Crippen LogP contribution in [0.4, 0.5) is 4.39 Å². The first-order valence-electron chi connectivity index (χ1n) is 6.50. The summed E-state index contributed by atoms with van der Waals surface area (Å²) in [6.45, 7) is 5.54. The quantitative estimate of drug-likeness (QED) is 0.924. The smallest absolute Gasteiger partial charge is 0.125 e. The van der Waals surface area contributed by atoms with Gasteiger partial charge in [0.05, 0.1) is 7.11 Å². The fourth-order valence-electron chi connectivity index (χ4n) is 2.47. The molecular formula is C17H19FO2. The summed E-state index contributed by atoms with van der Waals surface area (Å²) in [5.74, 6) is 0.0729. The molecule has 0 amide bonds. The van der Waals surface area contributed by atoms with Gasteiger partial charge in [-0.05, 0) is 50.1 Å². The Bertz CT molecular complexity index is 633. The van der Waals surface area contributed by atoms with Crippen molar-refractivity contribution in [2.45, 2.75) is 26.4 Å². The van der Waals surface area contributed by atoms with Crippen molar-refractivity contribution in [2.75, 3.05) is 7.11 Å². The molecule has 0 aliphatic carbocycles. The summed E-state index contributed by atoms with van der Waals surface area (Å²) < 4.78 is 18.8. The minimum atomic E-state index is -1.32. The average Bonchev–Trinajstić information content (AvgIpc) is 2.41. The minimum absolute atomic E-state index is 0.397. The number of hydrogen-bond acceptors (Lipinski definition) is 2. The van der Waals surface area contributed by atoms with E-state index in [1.54, 1.807) is 6.92 Å². The van der Waals surface area contributed by atoms with Crippen molar-refractivity contribution in [3.05, 3.63) is 64.5 Å². The Labute approximate surface area is 118 Å². The number of halogens is 1. The lowest BCUT2D eigenvalue weighted by Gasteiger charge is -2.28. The molecule has 0 saturated carbocycles. The maximum Gasteiger partial charge on any atom is 0.125 e. The third-order valence-electron chi connectivity index (χ3n) is 3.60. The molecule has 1 unspecified atom stereocenters. The van der Waals surface area contributed by atoms with E-state index in [1.165, 1.54) is 25.3 Å². The average molecular weight is 274 g/mol. The van der Waals surface area contributed by atoms with Crippen LogP contribution in [0.2, 0.25) is 0 Å². The molecule has 1 N–H and O–H groups in total. The van der Waals surface area contributed by atoms with Crippen LogP contribution in [0.1, 0.15) is 29.2 Å². The second kappa shape index (κ2) is 5.25. The molecular weight excluding hydrogens is 255 g/mol. The van der Waals surface area contributed by atoms with Gasteiger partial charge in [-0.25, -0.2) is 4.39 Å². The Balaban J connectivity index is 2.65. The number of rotatable bonds is 3. The Morgan fingerprint density at radius 2 is 1.75 bits per heavy atom. The van der Waals surface area contributed by atoms with E-state index in [-0.39, 0.29) is 0 Å². The van der Waals surface area contributed by atoms with E-state index < -0.39 is 11.4 Å². The maximum atomic E-state index is 13.5. The second-order valence-corrected chi connectivity index (χ2v) is 5.24. The van der Waals surface area contributed by atoms with Gasteiger partial charge in [0.25, 0.3) is 0 Å². The largest absolute Gasteiger partial charge is 0.496 e. The van der Waals surface area contributed by atoms with Crippen LogP contribution in [0.15, 0.2) is 36.4 Å². The summed E-state index contributed by atoms with van der Waals surface area (Å²) >= 11 is 0. The van der Waals surface area contributed by atoms with Crippen LogP contribution >= 0.6 is 0 Å². The van der Waals surface area contributed by atoms with Crippen molar-refractivity contribution < 1.29 is 14.2 Å². The SMILES string of the molecule is COc1ccc(F)cc1C(C)(O)c1cc(C)ccc1C. The fourth-order valence-corrected chi connectivity index (χ4v) is 2.47. The molecule has 20 heavy (non-hydrogen) atoms. The van der Waals surface area contributed by atoms with Gasteiger partial charge in [-0.2, -0.15) is 0 Å². The summed E-state index contributed by atoms with van der Waals surface area (Å²) in [5, 5.41) is 11.0. The van der Waals surface area contributed by atoms with Crippen LogP contribution in [0, 0.1) is 19.7 Å². The van der Waals surface area contributed by atoms with Crippen LogP contribution in [-0.2, 0) is 5.60 Å². The van der Waals surface area contributed by atoms with Crippen LogP contribution in [0.5, 0.6) is 5.75 Å². The highest BCUT2D eigenvalue weighted by Gasteiger charge is 2.31. The van der Waals surface area contributed by atoms with E-state index in [9.17, 15) is 9.50 Å². The van der Waals surface area contributed by atoms with Crippen molar-refractivity contribution in [3.63, 3.8) is 0 Å². The lowest BCUT2D eigenvalue weighted by atomic mass is 9.84. The van der Waals surface area contributed by atoms with Gasteiger partial charge < -0.3 is 9.84 Å². The van der Waals surface area contributed by atoms with Crippen LogP contribution in [-0.4, -0.2) is 12.2 Å². The highest BCUT2D eigenvalue weighted by molar-refractivity contribution is 5.47. The Hall–Kier alpha value is -1.87. The molecule has 106 valence electrons. The number of hydrogen-bond donors (Lipinski definition) is 1. The molecule has 0 aliphatic heterocycles. The van der Waals surface area contributed by atoms with Crippen LogP contribution in [0.3, 0.4) is 0 Å². The molecule has 0 fully saturated rings. The molecule has 2 aromatic carbocycles. The maximum absolute atomic E-state index is 13.5. The van der Waals surface area contributed by atoms with E-state index in [2.05, 4.69) is 0 Å². The molecule has 0 aromatic heterocycles. The highest BCUT2D eigenvalue weighted by Crippen LogP contribution is 2.37. The zero-order valence-electron chi connectivity index (χ0n) is 12.2. The summed E-state index contributed by atoms with van der Waals surface area (Å²) in [6.07, 6.45) is 0. The number of methoxy groups -OCH3 is 1. The highest BCUT2D eigenvalue weighted by atomic mass is 19.1. The summed E-state index contributed by atoms with van der Waals surface area (Å²) in [7, 11) is 1.51. The summed E-state index contributed by atoms with van der Waals surface area (Å²) in [4.78, 5) is 0. The molecule has 2 rings (SSSR count). The molecule has 2 aromatic rings. The number of benzene rings is 2. The van der Waals surface area contributed by atoms with Crippen molar-refractivity contribution in [2.24, 2.45) is 0 Å². The number of ether oxygens (including phenoxy) is 1. The Morgan fingerprint density at radius 1 is 1.05 bits per heavy atom. The zero-order valence-corrected chi connectivity index (χ0v) is 12.2. The van der Waals surface area contributed by atoms with Gasteiger partial charge in [0.1, 0.15) is 17.2 Å². The van der Waals surface area contributed by atoms with Gasteiger partial charge in [-0.1, -0.05) is 23.8 Å². The standard InChI is InChI=1S/C17H19FO2/c1-11-5-6-12(2)14(9-11)17(3,19)15-10-13(18)7-8-16(15)20-4/h5-10,19H,1-4H3. The van der Waals surface area contributed by atoms with Gasteiger partial charge in [0.15, 0.2) is 0 Å². The first kappa shape index (κ1) is 14.5. The molecule has 0 aliphatic rings. The van der Waals surface area contributed by atoms with Crippen LogP contribution in [0.25, 0.3) is 0 Å². The first-order valence-corrected chi connectivity index (χ1v) is 6.50. The lowest BCUT2D eigenvalue weighted by Crippen LogP contribution is -2.25. The third kappa shape index (κ3) is 2.54. The fraction of sp³-hybridized carbons (Fsp3) is 0.294. The van der Waals surface area contributed by atoms with Gasteiger partial charge in [-0.15, -0.1) is 0 Å². The first-order chi connectivity index (χ1) is 9.36. The van der Waals surface area contributed by atoms with Gasteiger partial charge in [-0.3, -0.25) is 0 Å². The normalized spacial score (nSPS) is 13.9.